The highest BCUT2D eigenvalue weighted by Crippen LogP contribution is 2.19. The predicted molar refractivity (Wildman–Crippen MR) is 52.7 cm³/mol. The number of nitriles is 1. The van der Waals surface area contributed by atoms with Crippen LogP contribution in [0.3, 0.4) is 0 Å². The van der Waals surface area contributed by atoms with Crippen molar-refractivity contribution in [3.05, 3.63) is 0 Å². The molecule has 0 spiro atoms. The topological polar surface area (TPSA) is 62.5 Å². The van der Waals surface area contributed by atoms with Crippen LogP contribution in [0.2, 0.25) is 0 Å². The molecule has 0 aromatic carbocycles. The van der Waals surface area contributed by atoms with Crippen LogP contribution >= 0.6 is 0 Å². The number of nitrogens with zero attached hydrogens (tertiary/aromatic N) is 1. The molecule has 0 radical (unpaired) electrons. The molecule has 4 heteroatoms. The first-order valence-corrected chi connectivity index (χ1v) is 4.77. The summed E-state index contributed by atoms with van der Waals surface area (Å²) in [4.78, 5) is 0. The first-order chi connectivity index (χ1) is 6.51. The van der Waals surface area contributed by atoms with Gasteiger partial charge in [-0.1, -0.05) is 6.92 Å². The van der Waals surface area contributed by atoms with Gasteiger partial charge in [0.1, 0.15) is 6.07 Å². The highest BCUT2D eigenvalue weighted by molar-refractivity contribution is 5.01. The molecule has 0 aromatic rings. The second-order valence-corrected chi connectivity index (χ2v) is 3.46. The van der Waals surface area contributed by atoms with E-state index in [2.05, 4.69) is 6.07 Å². The Morgan fingerprint density at radius 1 is 1.50 bits per heavy atom. The van der Waals surface area contributed by atoms with Gasteiger partial charge in [0.2, 0.25) is 0 Å². The van der Waals surface area contributed by atoms with Crippen molar-refractivity contribution in [2.75, 3.05) is 13.7 Å². The minimum absolute atomic E-state index is 0.219. The fourth-order valence-corrected chi connectivity index (χ4v) is 1.04. The van der Waals surface area contributed by atoms with Gasteiger partial charge in [0.15, 0.2) is 5.60 Å². The summed E-state index contributed by atoms with van der Waals surface area (Å²) in [6.07, 6.45) is -0.426. The maximum Gasteiger partial charge on any atom is 0.177 e. The van der Waals surface area contributed by atoms with Gasteiger partial charge < -0.3 is 14.6 Å². The molecule has 4 nitrogen and oxygen atoms in total. The zero-order valence-electron chi connectivity index (χ0n) is 9.28. The van der Waals surface area contributed by atoms with Crippen molar-refractivity contribution in [2.45, 2.75) is 45.0 Å². The van der Waals surface area contributed by atoms with Gasteiger partial charge in [0, 0.05) is 7.11 Å². The largest absolute Gasteiger partial charge is 0.391 e. The minimum atomic E-state index is -0.939. The predicted octanol–water partition coefficient (Wildman–Crippen LogP) is 1.09. The van der Waals surface area contributed by atoms with Crippen molar-refractivity contribution in [2.24, 2.45) is 0 Å². The molecule has 0 saturated heterocycles. The molecule has 0 aromatic heterocycles. The summed E-state index contributed by atoms with van der Waals surface area (Å²) in [6.45, 7) is 5.45. The van der Waals surface area contributed by atoms with E-state index < -0.39 is 11.7 Å². The van der Waals surface area contributed by atoms with Crippen LogP contribution in [-0.4, -0.2) is 36.6 Å². The number of aliphatic hydroxyl groups is 1. The second-order valence-electron chi connectivity index (χ2n) is 3.46. The van der Waals surface area contributed by atoms with E-state index in [1.165, 1.54) is 7.11 Å². The van der Waals surface area contributed by atoms with E-state index in [9.17, 15) is 5.11 Å². The average molecular weight is 201 g/mol. The molecule has 0 rings (SSSR count). The molecule has 0 bridgehead atoms. The molecule has 0 fully saturated rings. The third-order valence-electron chi connectivity index (χ3n) is 2.24. The molecule has 0 heterocycles. The number of rotatable bonds is 6. The average Bonchev–Trinajstić information content (AvgIpc) is 2.16. The van der Waals surface area contributed by atoms with Crippen LogP contribution in [0.15, 0.2) is 0 Å². The minimum Gasteiger partial charge on any atom is -0.391 e. The molecule has 3 atom stereocenters. The van der Waals surface area contributed by atoms with Gasteiger partial charge in [0.05, 0.1) is 18.8 Å². The molecular weight excluding hydrogens is 182 g/mol. The maximum absolute atomic E-state index is 9.27. The molecule has 0 saturated carbocycles. The Balaban J connectivity index is 4.43. The number of hydrogen-bond acceptors (Lipinski definition) is 4. The monoisotopic (exact) mass is 201 g/mol. The van der Waals surface area contributed by atoms with E-state index in [1.807, 2.05) is 6.92 Å². The lowest BCUT2D eigenvalue weighted by Gasteiger charge is -2.29. The first kappa shape index (κ1) is 13.4. The van der Waals surface area contributed by atoms with Crippen LogP contribution in [0.1, 0.15) is 27.2 Å². The van der Waals surface area contributed by atoms with Gasteiger partial charge in [0.25, 0.3) is 0 Å². The SMILES string of the molecule is CCC(C#N)(COC)OC(C)C(C)O. The lowest BCUT2D eigenvalue weighted by Crippen LogP contribution is -2.41. The van der Waals surface area contributed by atoms with Crippen molar-refractivity contribution in [1.82, 2.24) is 0 Å². The number of hydrogen-bond donors (Lipinski definition) is 1. The van der Waals surface area contributed by atoms with Crippen molar-refractivity contribution >= 4 is 0 Å². The van der Waals surface area contributed by atoms with Crippen molar-refractivity contribution in [3.63, 3.8) is 0 Å². The molecule has 0 aliphatic carbocycles. The lowest BCUT2D eigenvalue weighted by atomic mass is 10.0. The fourth-order valence-electron chi connectivity index (χ4n) is 1.04. The van der Waals surface area contributed by atoms with Crippen LogP contribution < -0.4 is 0 Å². The van der Waals surface area contributed by atoms with Gasteiger partial charge in [-0.15, -0.1) is 0 Å². The smallest absolute Gasteiger partial charge is 0.177 e. The summed E-state index contributed by atoms with van der Waals surface area (Å²) in [5, 5.41) is 18.3. The van der Waals surface area contributed by atoms with E-state index in [1.54, 1.807) is 13.8 Å². The molecule has 0 aliphatic rings. The summed E-state index contributed by atoms with van der Waals surface area (Å²) in [5.41, 5.74) is -0.939. The van der Waals surface area contributed by atoms with Gasteiger partial charge in [-0.3, -0.25) is 0 Å². The molecule has 0 amide bonds. The molecule has 14 heavy (non-hydrogen) atoms. The van der Waals surface area contributed by atoms with Crippen LogP contribution in [0.4, 0.5) is 0 Å². The standard InChI is InChI=1S/C10H19NO3/c1-5-10(6-11,7-13-4)14-9(3)8(2)12/h8-9,12H,5,7H2,1-4H3. The summed E-state index contributed by atoms with van der Waals surface area (Å²) < 4.78 is 10.4. The first-order valence-electron chi connectivity index (χ1n) is 4.77. The van der Waals surface area contributed by atoms with E-state index in [4.69, 9.17) is 14.7 Å². The third kappa shape index (κ3) is 3.62. The Morgan fingerprint density at radius 3 is 2.36 bits per heavy atom. The van der Waals surface area contributed by atoms with Crippen molar-refractivity contribution < 1.29 is 14.6 Å². The van der Waals surface area contributed by atoms with E-state index in [-0.39, 0.29) is 12.7 Å². The number of aliphatic hydroxyl groups excluding tert-OH is 1. The van der Waals surface area contributed by atoms with E-state index in [0.717, 1.165) is 0 Å². The summed E-state index contributed by atoms with van der Waals surface area (Å²) in [5.74, 6) is 0. The Morgan fingerprint density at radius 2 is 2.07 bits per heavy atom. The Bertz CT molecular complexity index is 200. The molecule has 82 valence electrons. The van der Waals surface area contributed by atoms with E-state index in [0.29, 0.717) is 6.42 Å². The normalized spacial score (nSPS) is 19.4. The molecular formula is C10H19NO3. The molecule has 0 aliphatic heterocycles. The quantitative estimate of drug-likeness (QED) is 0.698. The van der Waals surface area contributed by atoms with Crippen LogP contribution in [0.25, 0.3) is 0 Å². The number of methoxy groups -OCH3 is 1. The Hall–Kier alpha value is -0.630. The summed E-state index contributed by atoms with van der Waals surface area (Å²) in [6, 6.07) is 2.09. The molecule has 1 N–H and O–H groups in total. The Labute approximate surface area is 85.4 Å². The highest BCUT2D eigenvalue weighted by atomic mass is 16.6. The van der Waals surface area contributed by atoms with Gasteiger partial charge in [-0.25, -0.2) is 0 Å². The van der Waals surface area contributed by atoms with E-state index >= 15 is 0 Å². The second kappa shape index (κ2) is 5.97. The number of ether oxygens (including phenoxy) is 2. The molecule has 3 unspecified atom stereocenters. The Kier molecular flexibility index (Phi) is 5.70. The van der Waals surface area contributed by atoms with Crippen LogP contribution in [0.5, 0.6) is 0 Å². The summed E-state index contributed by atoms with van der Waals surface area (Å²) >= 11 is 0. The zero-order chi connectivity index (χ0) is 11.2. The van der Waals surface area contributed by atoms with Gasteiger partial charge >= 0.3 is 0 Å². The van der Waals surface area contributed by atoms with Crippen LogP contribution in [-0.2, 0) is 9.47 Å². The van der Waals surface area contributed by atoms with Crippen LogP contribution in [0, 0.1) is 11.3 Å². The highest BCUT2D eigenvalue weighted by Gasteiger charge is 2.32. The van der Waals surface area contributed by atoms with Crippen molar-refractivity contribution in [3.8, 4) is 6.07 Å². The van der Waals surface area contributed by atoms with Gasteiger partial charge in [-0.2, -0.15) is 5.26 Å². The van der Waals surface area contributed by atoms with Gasteiger partial charge in [-0.05, 0) is 20.3 Å². The zero-order valence-corrected chi connectivity index (χ0v) is 9.28. The van der Waals surface area contributed by atoms with Crippen molar-refractivity contribution in [1.29, 1.82) is 5.26 Å². The lowest BCUT2D eigenvalue weighted by molar-refractivity contribution is -0.121. The fraction of sp³-hybridized carbons (Fsp3) is 0.900. The third-order valence-corrected chi connectivity index (χ3v) is 2.24. The summed E-state index contributed by atoms with van der Waals surface area (Å²) in [7, 11) is 1.53. The maximum atomic E-state index is 9.27.